The van der Waals surface area contributed by atoms with Crippen LogP contribution in [0.1, 0.15) is 40.9 Å². The fraction of sp³-hybridized carbons (Fsp3) is 0.550. The predicted octanol–water partition coefficient (Wildman–Crippen LogP) is 2.89. The van der Waals surface area contributed by atoms with Gasteiger partial charge in [0.25, 0.3) is 0 Å². The highest BCUT2D eigenvalue weighted by molar-refractivity contribution is 7.99. The van der Waals surface area contributed by atoms with E-state index in [0.29, 0.717) is 16.5 Å². The average molecular weight is 421 g/mol. The lowest BCUT2D eigenvalue weighted by atomic mass is 10.0. The van der Waals surface area contributed by atoms with Crippen LogP contribution >= 0.6 is 23.4 Å². The number of piperazine rings is 1. The number of nitrogens with one attached hydrogen (secondary N) is 1. The molecule has 0 amide bonds. The summed E-state index contributed by atoms with van der Waals surface area (Å²) in [6, 6.07) is 1.60. The summed E-state index contributed by atoms with van der Waals surface area (Å²) in [5, 5.41) is 3.92. The van der Waals surface area contributed by atoms with Crippen LogP contribution in [0.4, 0.5) is 0 Å². The van der Waals surface area contributed by atoms with Gasteiger partial charge in [-0.25, -0.2) is 9.97 Å². The Balaban J connectivity index is 1.67. The zero-order chi connectivity index (χ0) is 20.1. The Hall–Kier alpha value is -1.25. The molecule has 6 nitrogen and oxygen atoms in total. The molecule has 0 aromatic carbocycles. The fourth-order valence-corrected chi connectivity index (χ4v) is 4.64. The van der Waals surface area contributed by atoms with Gasteiger partial charge in [-0.1, -0.05) is 11.6 Å². The molecule has 3 rings (SSSR count). The first-order valence-electron chi connectivity index (χ1n) is 9.75. The molecule has 0 saturated carbocycles. The zero-order valence-corrected chi connectivity index (χ0v) is 18.4. The maximum atomic E-state index is 6.52. The lowest BCUT2D eigenvalue weighted by molar-refractivity contribution is 0.242. The van der Waals surface area contributed by atoms with Crippen molar-refractivity contribution in [1.82, 2.24) is 25.2 Å². The minimum Gasteiger partial charge on any atom is -0.318 e. The Morgan fingerprint density at radius 2 is 1.96 bits per heavy atom. The van der Waals surface area contributed by atoms with Crippen molar-refractivity contribution in [2.75, 3.05) is 38.5 Å². The van der Waals surface area contributed by atoms with E-state index in [0.717, 1.165) is 55.4 Å². The van der Waals surface area contributed by atoms with Gasteiger partial charge in [0.1, 0.15) is 5.82 Å². The Bertz CT molecular complexity index is 810. The minimum absolute atomic E-state index is 0.464. The summed E-state index contributed by atoms with van der Waals surface area (Å²) < 4.78 is 0. The molecule has 0 bridgehead atoms. The predicted molar refractivity (Wildman–Crippen MR) is 116 cm³/mol. The topological polar surface area (TPSA) is 80.0 Å². The molecule has 1 aliphatic rings. The number of rotatable bonds is 7. The van der Waals surface area contributed by atoms with Crippen LogP contribution < -0.4 is 11.1 Å². The molecule has 8 heteroatoms. The van der Waals surface area contributed by atoms with E-state index in [4.69, 9.17) is 17.3 Å². The number of nitrogens with zero attached hydrogens (tertiary/aromatic N) is 4. The Kier molecular flexibility index (Phi) is 7.65. The summed E-state index contributed by atoms with van der Waals surface area (Å²) >= 11 is 8.30. The first-order valence-corrected chi connectivity index (χ1v) is 11.1. The summed E-state index contributed by atoms with van der Waals surface area (Å²) in [7, 11) is 0. The number of hydrogen-bond donors (Lipinski definition) is 2. The molecule has 3 N–H and O–H groups in total. The SMILES string of the molecule is Cc1nc(C)c(Cl)c(C(N)c2nccc(SCCCN3CCNCC3)c2C)n1. The van der Waals surface area contributed by atoms with Crippen molar-refractivity contribution in [3.63, 3.8) is 0 Å². The molecule has 28 heavy (non-hydrogen) atoms. The van der Waals surface area contributed by atoms with Crippen LogP contribution in [-0.2, 0) is 0 Å². The molecule has 1 fully saturated rings. The molecule has 0 aliphatic carbocycles. The van der Waals surface area contributed by atoms with Crippen molar-refractivity contribution >= 4 is 23.4 Å². The van der Waals surface area contributed by atoms with E-state index in [1.165, 1.54) is 11.3 Å². The third kappa shape index (κ3) is 5.21. The normalized spacial score (nSPS) is 16.3. The second-order valence-electron chi connectivity index (χ2n) is 7.15. The Morgan fingerprint density at radius 3 is 2.71 bits per heavy atom. The first kappa shape index (κ1) is 21.5. The van der Waals surface area contributed by atoms with E-state index in [-0.39, 0.29) is 0 Å². The van der Waals surface area contributed by atoms with E-state index in [2.05, 4.69) is 38.2 Å². The Morgan fingerprint density at radius 1 is 1.21 bits per heavy atom. The van der Waals surface area contributed by atoms with Gasteiger partial charge in [-0.15, -0.1) is 11.8 Å². The third-order valence-electron chi connectivity index (χ3n) is 5.02. The van der Waals surface area contributed by atoms with Crippen molar-refractivity contribution in [2.45, 2.75) is 38.1 Å². The lowest BCUT2D eigenvalue weighted by Crippen LogP contribution is -2.43. The summed E-state index contributed by atoms with van der Waals surface area (Å²) in [6.07, 6.45) is 3.00. The smallest absolute Gasteiger partial charge is 0.125 e. The van der Waals surface area contributed by atoms with Crippen molar-refractivity contribution in [2.24, 2.45) is 5.73 Å². The quantitative estimate of drug-likeness (QED) is 0.526. The van der Waals surface area contributed by atoms with E-state index < -0.39 is 6.04 Å². The maximum absolute atomic E-state index is 6.52. The fourth-order valence-electron chi connectivity index (χ4n) is 3.47. The summed E-state index contributed by atoms with van der Waals surface area (Å²) in [5.74, 6) is 1.75. The second-order valence-corrected chi connectivity index (χ2v) is 8.66. The van der Waals surface area contributed by atoms with Crippen molar-refractivity contribution in [3.8, 4) is 0 Å². The molecule has 3 heterocycles. The van der Waals surface area contributed by atoms with Crippen molar-refractivity contribution in [1.29, 1.82) is 0 Å². The van der Waals surface area contributed by atoms with Crippen molar-refractivity contribution in [3.05, 3.63) is 45.8 Å². The number of halogens is 1. The van der Waals surface area contributed by atoms with Crippen LogP contribution in [-0.4, -0.2) is 58.3 Å². The number of aromatic nitrogens is 3. The molecule has 2 aromatic rings. The summed E-state index contributed by atoms with van der Waals surface area (Å²) in [5.41, 5.74) is 9.84. The van der Waals surface area contributed by atoms with Crippen LogP contribution in [0.25, 0.3) is 0 Å². The van der Waals surface area contributed by atoms with Crippen LogP contribution in [0, 0.1) is 20.8 Å². The average Bonchev–Trinajstić information content (AvgIpc) is 2.69. The second kappa shape index (κ2) is 9.98. The lowest BCUT2D eigenvalue weighted by Gasteiger charge is -2.27. The zero-order valence-electron chi connectivity index (χ0n) is 16.8. The van der Waals surface area contributed by atoms with Gasteiger partial charge in [-0.3, -0.25) is 4.98 Å². The van der Waals surface area contributed by atoms with E-state index in [1.807, 2.05) is 31.8 Å². The number of thioether (sulfide) groups is 1. The highest BCUT2D eigenvalue weighted by Crippen LogP contribution is 2.31. The van der Waals surface area contributed by atoms with Crippen LogP contribution in [0.2, 0.25) is 5.02 Å². The van der Waals surface area contributed by atoms with Gasteiger partial charge in [-0.2, -0.15) is 0 Å². The summed E-state index contributed by atoms with van der Waals surface area (Å²) in [6.45, 7) is 11.5. The molecule has 0 spiro atoms. The molecule has 2 aromatic heterocycles. The van der Waals surface area contributed by atoms with E-state index in [9.17, 15) is 0 Å². The third-order valence-corrected chi connectivity index (χ3v) is 6.74. The highest BCUT2D eigenvalue weighted by Gasteiger charge is 2.21. The van der Waals surface area contributed by atoms with Gasteiger partial charge in [-0.05, 0) is 51.1 Å². The van der Waals surface area contributed by atoms with E-state index >= 15 is 0 Å². The van der Waals surface area contributed by atoms with Gasteiger partial charge in [0.15, 0.2) is 0 Å². The minimum atomic E-state index is -0.464. The molecule has 1 atom stereocenters. The monoisotopic (exact) mass is 420 g/mol. The molecular formula is C20H29ClN6S. The van der Waals surface area contributed by atoms with Gasteiger partial charge in [0.2, 0.25) is 0 Å². The molecular weight excluding hydrogens is 392 g/mol. The highest BCUT2D eigenvalue weighted by atomic mass is 35.5. The van der Waals surface area contributed by atoms with Crippen LogP contribution in [0.3, 0.4) is 0 Å². The van der Waals surface area contributed by atoms with Gasteiger partial charge in [0.05, 0.1) is 28.1 Å². The van der Waals surface area contributed by atoms with Crippen molar-refractivity contribution < 1.29 is 0 Å². The Labute approximate surface area is 176 Å². The maximum Gasteiger partial charge on any atom is 0.125 e. The molecule has 152 valence electrons. The number of aryl methyl sites for hydroxylation is 2. The van der Waals surface area contributed by atoms with E-state index in [1.54, 1.807) is 0 Å². The number of hydrogen-bond acceptors (Lipinski definition) is 7. The molecule has 1 saturated heterocycles. The van der Waals surface area contributed by atoms with Gasteiger partial charge < -0.3 is 16.0 Å². The number of nitrogens with two attached hydrogens (primary N) is 1. The largest absolute Gasteiger partial charge is 0.318 e. The van der Waals surface area contributed by atoms with Gasteiger partial charge in [0, 0.05) is 37.3 Å². The van der Waals surface area contributed by atoms with Gasteiger partial charge >= 0.3 is 0 Å². The molecule has 1 unspecified atom stereocenters. The summed E-state index contributed by atoms with van der Waals surface area (Å²) in [4.78, 5) is 17.1. The molecule has 0 radical (unpaired) electrons. The van der Waals surface area contributed by atoms with Crippen LogP contribution in [0.5, 0.6) is 0 Å². The standard InChI is InChI=1S/C20H29ClN6S/c1-13-16(28-12-4-9-27-10-7-23-8-11-27)5-6-24-19(13)18(22)20-17(21)14(2)25-15(3)26-20/h5-6,18,23H,4,7-12,22H2,1-3H3. The van der Waals surface area contributed by atoms with Crippen LogP contribution in [0.15, 0.2) is 17.2 Å². The molecule has 1 aliphatic heterocycles. The first-order chi connectivity index (χ1) is 13.5. The number of pyridine rings is 1.